The number of ether oxygens (including phenoxy) is 1. The molecule has 0 fully saturated rings. The van der Waals surface area contributed by atoms with Gasteiger partial charge in [-0.2, -0.15) is 0 Å². The van der Waals surface area contributed by atoms with E-state index in [1.807, 2.05) is 12.1 Å². The van der Waals surface area contributed by atoms with Crippen molar-refractivity contribution in [1.82, 2.24) is 10.6 Å². The molecule has 0 radical (unpaired) electrons. The van der Waals surface area contributed by atoms with Crippen molar-refractivity contribution in [3.05, 3.63) is 29.8 Å². The van der Waals surface area contributed by atoms with Crippen LogP contribution in [0.2, 0.25) is 0 Å². The molecule has 0 heterocycles. The molecule has 0 aromatic heterocycles. The van der Waals surface area contributed by atoms with Gasteiger partial charge in [0.1, 0.15) is 5.75 Å². The molecule has 0 aliphatic rings. The van der Waals surface area contributed by atoms with Gasteiger partial charge in [0.2, 0.25) is 0 Å². The van der Waals surface area contributed by atoms with Crippen LogP contribution in [0, 0.1) is 0 Å². The van der Waals surface area contributed by atoms with E-state index in [0.29, 0.717) is 6.04 Å². The molecular weight excluding hydrogens is 226 g/mol. The highest BCUT2D eigenvalue weighted by molar-refractivity contribution is 5.79. The van der Waals surface area contributed by atoms with E-state index in [9.17, 15) is 0 Å². The molecule has 100 valence electrons. The molecule has 18 heavy (non-hydrogen) atoms. The van der Waals surface area contributed by atoms with E-state index in [0.717, 1.165) is 24.7 Å². The lowest BCUT2D eigenvalue weighted by molar-refractivity contribution is 0.414. The minimum atomic E-state index is 0.382. The zero-order valence-corrected chi connectivity index (χ0v) is 11.7. The van der Waals surface area contributed by atoms with Crippen LogP contribution in [0.1, 0.15) is 19.4 Å². The van der Waals surface area contributed by atoms with Gasteiger partial charge in [0, 0.05) is 19.6 Å². The van der Waals surface area contributed by atoms with Gasteiger partial charge in [0.05, 0.1) is 7.11 Å². The van der Waals surface area contributed by atoms with Crippen LogP contribution in [0.25, 0.3) is 0 Å². The first-order chi connectivity index (χ1) is 8.65. The Labute approximate surface area is 109 Å². The third-order valence-corrected chi connectivity index (χ3v) is 2.49. The molecule has 0 unspecified atom stereocenters. The highest BCUT2D eigenvalue weighted by Crippen LogP contribution is 2.12. The summed E-state index contributed by atoms with van der Waals surface area (Å²) in [5.41, 5.74) is 1.25. The Balaban J connectivity index is 2.40. The predicted octanol–water partition coefficient (Wildman–Crippen LogP) is 1.81. The van der Waals surface area contributed by atoms with Crippen molar-refractivity contribution in [2.24, 2.45) is 4.99 Å². The average molecular weight is 249 g/mol. The molecule has 0 atom stereocenters. The SMILES string of the molecule is CN=C(NCCc1cccc(OC)c1)NC(C)C. The van der Waals surface area contributed by atoms with Crippen LogP contribution < -0.4 is 15.4 Å². The number of nitrogens with zero attached hydrogens (tertiary/aromatic N) is 1. The maximum atomic E-state index is 5.20. The Morgan fingerprint density at radius 1 is 1.39 bits per heavy atom. The Bertz CT molecular complexity index is 388. The van der Waals surface area contributed by atoms with Gasteiger partial charge >= 0.3 is 0 Å². The fourth-order valence-corrected chi connectivity index (χ4v) is 1.62. The van der Waals surface area contributed by atoms with Crippen LogP contribution in [-0.2, 0) is 6.42 Å². The van der Waals surface area contributed by atoms with E-state index in [-0.39, 0.29) is 0 Å². The van der Waals surface area contributed by atoms with Crippen molar-refractivity contribution in [2.75, 3.05) is 20.7 Å². The summed E-state index contributed by atoms with van der Waals surface area (Å²) < 4.78 is 5.20. The van der Waals surface area contributed by atoms with Crippen LogP contribution >= 0.6 is 0 Å². The number of methoxy groups -OCH3 is 1. The van der Waals surface area contributed by atoms with Crippen molar-refractivity contribution in [1.29, 1.82) is 0 Å². The maximum absolute atomic E-state index is 5.20. The van der Waals surface area contributed by atoms with Crippen molar-refractivity contribution in [3.8, 4) is 5.75 Å². The largest absolute Gasteiger partial charge is 0.497 e. The second-order valence-electron chi connectivity index (χ2n) is 4.40. The van der Waals surface area contributed by atoms with Crippen molar-refractivity contribution < 1.29 is 4.74 Å². The molecule has 0 saturated carbocycles. The minimum Gasteiger partial charge on any atom is -0.497 e. The molecule has 0 amide bonds. The lowest BCUT2D eigenvalue weighted by atomic mass is 10.1. The summed E-state index contributed by atoms with van der Waals surface area (Å²) >= 11 is 0. The number of guanidine groups is 1. The van der Waals surface area contributed by atoms with Gasteiger partial charge in [-0.1, -0.05) is 12.1 Å². The molecule has 0 bridgehead atoms. The van der Waals surface area contributed by atoms with E-state index in [2.05, 4.69) is 41.6 Å². The summed E-state index contributed by atoms with van der Waals surface area (Å²) in [6, 6.07) is 8.50. The topological polar surface area (TPSA) is 45.7 Å². The van der Waals surface area contributed by atoms with Crippen LogP contribution in [0.15, 0.2) is 29.3 Å². The summed E-state index contributed by atoms with van der Waals surface area (Å²) in [5.74, 6) is 1.74. The van der Waals surface area contributed by atoms with Crippen LogP contribution in [0.3, 0.4) is 0 Å². The van der Waals surface area contributed by atoms with Gasteiger partial charge in [0.15, 0.2) is 5.96 Å². The molecule has 0 aliphatic carbocycles. The van der Waals surface area contributed by atoms with Crippen molar-refractivity contribution >= 4 is 5.96 Å². The lowest BCUT2D eigenvalue weighted by Gasteiger charge is -2.14. The summed E-state index contributed by atoms with van der Waals surface area (Å²) in [6.07, 6.45) is 0.940. The van der Waals surface area contributed by atoms with Gasteiger partial charge in [-0.3, -0.25) is 4.99 Å². The average Bonchev–Trinajstić information content (AvgIpc) is 2.37. The zero-order chi connectivity index (χ0) is 13.4. The Kier molecular flexibility index (Phi) is 6.05. The van der Waals surface area contributed by atoms with Gasteiger partial charge in [0.25, 0.3) is 0 Å². The molecule has 1 aromatic carbocycles. The number of nitrogens with one attached hydrogen (secondary N) is 2. The Morgan fingerprint density at radius 2 is 2.17 bits per heavy atom. The molecule has 4 nitrogen and oxygen atoms in total. The van der Waals surface area contributed by atoms with E-state index >= 15 is 0 Å². The first-order valence-electron chi connectivity index (χ1n) is 6.26. The first-order valence-corrected chi connectivity index (χ1v) is 6.26. The van der Waals surface area contributed by atoms with E-state index in [1.165, 1.54) is 5.56 Å². The van der Waals surface area contributed by atoms with Gasteiger partial charge in [-0.05, 0) is 38.0 Å². The van der Waals surface area contributed by atoms with Gasteiger partial charge in [-0.25, -0.2) is 0 Å². The molecule has 4 heteroatoms. The van der Waals surface area contributed by atoms with Crippen molar-refractivity contribution in [2.45, 2.75) is 26.3 Å². The Morgan fingerprint density at radius 3 is 2.78 bits per heavy atom. The normalized spacial score (nSPS) is 11.5. The second kappa shape index (κ2) is 7.58. The lowest BCUT2D eigenvalue weighted by Crippen LogP contribution is -2.41. The van der Waals surface area contributed by atoms with Gasteiger partial charge in [-0.15, -0.1) is 0 Å². The van der Waals surface area contributed by atoms with Gasteiger partial charge < -0.3 is 15.4 Å². The van der Waals surface area contributed by atoms with Crippen LogP contribution in [0.5, 0.6) is 5.75 Å². The highest BCUT2D eigenvalue weighted by atomic mass is 16.5. The van der Waals surface area contributed by atoms with Crippen LogP contribution in [0.4, 0.5) is 0 Å². The quantitative estimate of drug-likeness (QED) is 0.618. The van der Waals surface area contributed by atoms with E-state index < -0.39 is 0 Å². The van der Waals surface area contributed by atoms with Crippen LogP contribution in [-0.4, -0.2) is 32.7 Å². The third kappa shape index (κ3) is 5.08. The zero-order valence-electron chi connectivity index (χ0n) is 11.7. The molecule has 1 rings (SSSR count). The predicted molar refractivity (Wildman–Crippen MR) is 76.3 cm³/mol. The number of rotatable bonds is 5. The molecule has 0 aliphatic heterocycles. The number of hydrogen-bond acceptors (Lipinski definition) is 2. The molecule has 0 spiro atoms. The number of benzene rings is 1. The fraction of sp³-hybridized carbons (Fsp3) is 0.500. The van der Waals surface area contributed by atoms with E-state index in [4.69, 9.17) is 4.74 Å². The molecular formula is C14H23N3O. The summed E-state index contributed by atoms with van der Waals surface area (Å²) in [7, 11) is 3.47. The monoisotopic (exact) mass is 249 g/mol. The smallest absolute Gasteiger partial charge is 0.191 e. The first kappa shape index (κ1) is 14.4. The standard InChI is InChI=1S/C14H23N3O/c1-11(2)17-14(15-3)16-9-8-12-6-5-7-13(10-12)18-4/h5-7,10-11H,8-9H2,1-4H3,(H2,15,16,17). The second-order valence-corrected chi connectivity index (χ2v) is 4.40. The summed E-state index contributed by atoms with van der Waals surface area (Å²) in [4.78, 5) is 4.16. The third-order valence-electron chi connectivity index (χ3n) is 2.49. The highest BCUT2D eigenvalue weighted by Gasteiger charge is 2.00. The molecule has 0 saturated heterocycles. The fourth-order valence-electron chi connectivity index (χ4n) is 1.62. The number of hydrogen-bond donors (Lipinski definition) is 2. The molecule has 1 aromatic rings. The number of aliphatic imine (C=N–C) groups is 1. The Hall–Kier alpha value is -1.71. The van der Waals surface area contributed by atoms with E-state index in [1.54, 1.807) is 14.2 Å². The van der Waals surface area contributed by atoms with Crippen molar-refractivity contribution in [3.63, 3.8) is 0 Å². The maximum Gasteiger partial charge on any atom is 0.191 e. The summed E-state index contributed by atoms with van der Waals surface area (Å²) in [5, 5.41) is 6.54. The minimum absolute atomic E-state index is 0.382. The molecule has 2 N–H and O–H groups in total. The summed E-state index contributed by atoms with van der Waals surface area (Å²) in [6.45, 7) is 5.03.